The largest absolute Gasteiger partial charge is 0.463 e. The van der Waals surface area contributed by atoms with Gasteiger partial charge in [0.25, 0.3) is 11.5 Å². The Hall–Kier alpha value is -3.68. The van der Waals surface area contributed by atoms with E-state index in [-0.39, 0.29) is 23.1 Å². The van der Waals surface area contributed by atoms with E-state index in [1.54, 1.807) is 29.9 Å². The lowest BCUT2D eigenvalue weighted by atomic mass is 10.0. The van der Waals surface area contributed by atoms with Crippen molar-refractivity contribution in [2.75, 3.05) is 13.4 Å². The zero-order valence-electron chi connectivity index (χ0n) is 18.6. The van der Waals surface area contributed by atoms with E-state index in [0.29, 0.717) is 40.0 Å². The zero-order valence-corrected chi connectivity index (χ0v) is 18.6. The maximum Gasteiger partial charge on any atom is 0.263 e. The second kappa shape index (κ2) is 7.68. The lowest BCUT2D eigenvalue weighted by Gasteiger charge is -2.28. The van der Waals surface area contributed by atoms with E-state index >= 15 is 0 Å². The number of ether oxygens (including phenoxy) is 1. The molecule has 1 amide bonds. The summed E-state index contributed by atoms with van der Waals surface area (Å²) in [5, 5.41) is 1.37. The number of rotatable bonds is 4. The summed E-state index contributed by atoms with van der Waals surface area (Å²) < 4.78 is 35.5. The van der Waals surface area contributed by atoms with Crippen LogP contribution in [0.2, 0.25) is 0 Å². The maximum absolute atomic E-state index is 14.6. The smallest absolute Gasteiger partial charge is 0.263 e. The molecule has 2 unspecified atom stereocenters. The fourth-order valence-electron chi connectivity index (χ4n) is 5.67. The molecule has 6 nitrogen and oxygen atoms in total. The highest BCUT2D eigenvalue weighted by molar-refractivity contribution is 6.07. The topological polar surface area (TPSA) is 56.5 Å². The van der Waals surface area contributed by atoms with Crippen LogP contribution in [-0.2, 0) is 7.05 Å². The van der Waals surface area contributed by atoms with Gasteiger partial charge in [0.1, 0.15) is 11.6 Å². The molecule has 1 saturated heterocycles. The van der Waals surface area contributed by atoms with E-state index in [4.69, 9.17) is 4.74 Å². The first-order valence-electron chi connectivity index (χ1n) is 11.4. The minimum Gasteiger partial charge on any atom is -0.463 e. The fraction of sp³-hybridized carbons (Fsp3) is 0.308. The molecule has 34 heavy (non-hydrogen) atoms. The van der Waals surface area contributed by atoms with E-state index in [0.717, 1.165) is 19.3 Å². The molecule has 6 rings (SSSR count). The molecule has 2 aliphatic rings. The molecule has 1 aliphatic heterocycles. The predicted molar refractivity (Wildman–Crippen MR) is 125 cm³/mol. The molecule has 2 aromatic carbocycles. The minimum atomic E-state index is -1.04. The molecule has 2 atom stereocenters. The number of piperidine rings is 1. The van der Waals surface area contributed by atoms with Gasteiger partial charge in [-0.2, -0.15) is 0 Å². The van der Waals surface area contributed by atoms with Gasteiger partial charge in [0.05, 0.1) is 22.2 Å². The summed E-state index contributed by atoms with van der Waals surface area (Å²) in [5.74, 6) is 0.0665. The van der Waals surface area contributed by atoms with Gasteiger partial charge in [-0.3, -0.25) is 14.2 Å². The van der Waals surface area contributed by atoms with Crippen LogP contribution < -0.4 is 10.3 Å². The number of carbonyl (C=O) groups is 1. The Morgan fingerprint density at radius 3 is 2.71 bits per heavy atom. The first-order chi connectivity index (χ1) is 16.4. The van der Waals surface area contributed by atoms with Gasteiger partial charge in [0.2, 0.25) is 6.86 Å². The van der Waals surface area contributed by atoms with Gasteiger partial charge in [-0.15, -0.1) is 0 Å². The van der Waals surface area contributed by atoms with Gasteiger partial charge < -0.3 is 14.2 Å². The summed E-state index contributed by atoms with van der Waals surface area (Å²) in [6.07, 6.45) is 6.44. The lowest BCUT2D eigenvalue weighted by molar-refractivity contribution is 0.0705. The first-order valence-corrected chi connectivity index (χ1v) is 11.4. The number of aromatic nitrogens is 2. The third-order valence-corrected chi connectivity index (χ3v) is 7.32. The molecule has 2 bridgehead atoms. The number of nitrogens with zero attached hydrogens (tertiary/aromatic N) is 3. The summed E-state index contributed by atoms with van der Waals surface area (Å²) in [6, 6.07) is 9.34. The highest BCUT2D eigenvalue weighted by Crippen LogP contribution is 2.39. The molecular formula is C26H23F2N3O3. The molecule has 1 aliphatic carbocycles. The van der Waals surface area contributed by atoms with Crippen molar-refractivity contribution in [1.82, 2.24) is 14.0 Å². The first kappa shape index (κ1) is 20.9. The monoisotopic (exact) mass is 463 g/mol. The molecule has 3 heterocycles. The second-order valence-corrected chi connectivity index (χ2v) is 9.25. The van der Waals surface area contributed by atoms with Crippen LogP contribution in [0.4, 0.5) is 8.78 Å². The summed E-state index contributed by atoms with van der Waals surface area (Å²) in [7, 11) is 1.80. The van der Waals surface area contributed by atoms with Gasteiger partial charge >= 0.3 is 0 Å². The number of fused-ring (bicyclic) bond motifs is 4. The average molecular weight is 463 g/mol. The predicted octanol–water partition coefficient (Wildman–Crippen LogP) is 4.55. The van der Waals surface area contributed by atoms with E-state index in [2.05, 4.69) is 0 Å². The van der Waals surface area contributed by atoms with E-state index in [1.165, 1.54) is 29.0 Å². The number of amides is 1. The number of aryl methyl sites for hydroxylation is 1. The molecule has 0 N–H and O–H groups in total. The van der Waals surface area contributed by atoms with Crippen molar-refractivity contribution in [3.63, 3.8) is 0 Å². The number of benzene rings is 2. The third kappa shape index (κ3) is 3.12. The van der Waals surface area contributed by atoms with Gasteiger partial charge in [-0.05, 0) is 61.6 Å². The Labute approximate surface area is 194 Å². The number of hydrogen-bond donors (Lipinski definition) is 0. The second-order valence-electron chi connectivity index (χ2n) is 9.25. The van der Waals surface area contributed by atoms with Crippen LogP contribution in [-0.4, -0.2) is 39.4 Å². The molecule has 2 aromatic heterocycles. The van der Waals surface area contributed by atoms with E-state index < -0.39 is 18.2 Å². The van der Waals surface area contributed by atoms with Crippen LogP contribution in [0.3, 0.4) is 0 Å². The normalized spacial score (nSPS) is 19.4. The highest BCUT2D eigenvalue weighted by Gasteiger charge is 2.41. The van der Waals surface area contributed by atoms with Crippen molar-refractivity contribution in [3.05, 3.63) is 70.5 Å². The van der Waals surface area contributed by atoms with Crippen molar-refractivity contribution >= 4 is 27.6 Å². The summed E-state index contributed by atoms with van der Waals surface area (Å²) in [4.78, 5) is 29.3. The molecule has 174 valence electrons. The van der Waals surface area contributed by atoms with Crippen molar-refractivity contribution in [2.45, 2.75) is 25.3 Å². The van der Waals surface area contributed by atoms with Gasteiger partial charge in [-0.1, -0.05) is 0 Å². The number of alkyl halides is 1. The molecule has 4 aromatic rings. The quantitative estimate of drug-likeness (QED) is 0.446. The highest BCUT2D eigenvalue weighted by atomic mass is 19.1. The Balaban J connectivity index is 1.62. The van der Waals surface area contributed by atoms with E-state index in [1.807, 2.05) is 11.0 Å². The van der Waals surface area contributed by atoms with Crippen molar-refractivity contribution in [1.29, 1.82) is 0 Å². The fourth-order valence-corrected chi connectivity index (χ4v) is 5.67. The van der Waals surface area contributed by atoms with Gasteiger partial charge in [0.15, 0.2) is 0 Å². The number of hydrogen-bond acceptors (Lipinski definition) is 3. The molecule has 8 heteroatoms. The van der Waals surface area contributed by atoms with Crippen LogP contribution >= 0.6 is 0 Å². The number of likely N-dealkylation sites (tertiary alicyclic amines) is 1. The van der Waals surface area contributed by atoms with Crippen LogP contribution in [0, 0.1) is 11.7 Å². The lowest BCUT2D eigenvalue weighted by Crippen LogP contribution is -2.38. The SMILES string of the molecule is Cn1ccc2c(-n3cc(C(=O)N4CC5CCC4C5)c4ccc(OCF)cc4c3=O)cc(F)cc21. The maximum atomic E-state index is 14.6. The Morgan fingerprint density at radius 2 is 1.97 bits per heavy atom. The number of carbonyl (C=O) groups excluding carboxylic acids is 1. The van der Waals surface area contributed by atoms with Crippen LogP contribution in [0.5, 0.6) is 5.75 Å². The number of halogens is 2. The summed E-state index contributed by atoms with van der Waals surface area (Å²) in [5.41, 5.74) is 0.898. The Morgan fingerprint density at radius 1 is 1.12 bits per heavy atom. The molecule has 0 radical (unpaired) electrons. The molecule has 1 saturated carbocycles. The van der Waals surface area contributed by atoms with E-state index in [9.17, 15) is 18.4 Å². The third-order valence-electron chi connectivity index (χ3n) is 7.32. The van der Waals surface area contributed by atoms with Gasteiger partial charge in [0, 0.05) is 42.8 Å². The summed E-state index contributed by atoms with van der Waals surface area (Å²) in [6.45, 7) is -0.334. The molecule has 0 spiro atoms. The Kier molecular flexibility index (Phi) is 4.72. The van der Waals surface area contributed by atoms with Gasteiger partial charge in [-0.25, -0.2) is 8.78 Å². The van der Waals surface area contributed by atoms with Crippen LogP contribution in [0.25, 0.3) is 27.4 Å². The van der Waals surface area contributed by atoms with Crippen LogP contribution in [0.15, 0.2) is 53.6 Å². The van der Waals surface area contributed by atoms with Crippen LogP contribution in [0.1, 0.15) is 29.6 Å². The van der Waals surface area contributed by atoms with Crippen molar-refractivity contribution < 1.29 is 18.3 Å². The average Bonchev–Trinajstić information content (AvgIpc) is 3.56. The number of pyridine rings is 1. The van der Waals surface area contributed by atoms with Crippen molar-refractivity contribution in [3.8, 4) is 11.4 Å². The zero-order chi connectivity index (χ0) is 23.6. The minimum absolute atomic E-state index is 0.147. The Bertz CT molecular complexity index is 1520. The molecular weight excluding hydrogens is 440 g/mol. The standard InChI is InChI=1S/C26H23F2N3O3/c1-29-7-6-20-23(29)9-16(28)10-24(20)31-13-22(26(33)30-12-15-2-3-17(30)8-15)19-5-4-18(34-14-27)11-21(19)25(31)32/h4-7,9-11,13,15,17H,2-3,8,12,14H2,1H3. The molecule has 2 fully saturated rings. The van der Waals surface area contributed by atoms with Crippen molar-refractivity contribution in [2.24, 2.45) is 13.0 Å². The summed E-state index contributed by atoms with van der Waals surface area (Å²) >= 11 is 0.